The van der Waals surface area contributed by atoms with Crippen molar-refractivity contribution in [3.8, 4) is 0 Å². The lowest BCUT2D eigenvalue weighted by atomic mass is 10.1. The van der Waals surface area contributed by atoms with Crippen molar-refractivity contribution >= 4 is 22.5 Å². The lowest BCUT2D eigenvalue weighted by molar-refractivity contribution is 0.687. The molecule has 0 saturated carbocycles. The summed E-state index contributed by atoms with van der Waals surface area (Å²) in [7, 11) is 0. The number of fused-ring (bicyclic) bond motifs is 1. The molecule has 0 aliphatic carbocycles. The normalized spacial score (nSPS) is 11.1. The van der Waals surface area contributed by atoms with Gasteiger partial charge in [0.25, 0.3) is 0 Å². The maximum atomic E-state index is 5.89. The Hall–Kier alpha value is -1.77. The molecule has 0 fully saturated rings. The Bertz CT molecular complexity index is 729. The van der Waals surface area contributed by atoms with Crippen LogP contribution in [0.5, 0.6) is 0 Å². The van der Waals surface area contributed by atoms with Crippen LogP contribution in [-0.4, -0.2) is 11.5 Å². The van der Waals surface area contributed by atoms with Gasteiger partial charge in [-0.2, -0.15) is 0 Å². The van der Waals surface area contributed by atoms with Crippen LogP contribution >= 0.6 is 11.6 Å². The average Bonchev–Trinajstić information content (AvgIpc) is 2.81. The van der Waals surface area contributed by atoms with E-state index < -0.39 is 0 Å². The van der Waals surface area contributed by atoms with Crippen LogP contribution < -0.4 is 5.32 Å². The van der Waals surface area contributed by atoms with Gasteiger partial charge in [-0.1, -0.05) is 41.9 Å². The highest BCUT2D eigenvalue weighted by molar-refractivity contribution is 6.30. The smallest absolute Gasteiger partial charge is 0.0458 e. The number of H-pyrrole nitrogens is 1. The van der Waals surface area contributed by atoms with Crippen molar-refractivity contribution in [2.24, 2.45) is 0 Å². The molecule has 0 bridgehead atoms. The van der Waals surface area contributed by atoms with Gasteiger partial charge in [0.1, 0.15) is 0 Å². The molecule has 2 nitrogen and oxygen atoms in total. The fourth-order valence-corrected chi connectivity index (χ4v) is 2.83. The zero-order chi connectivity index (χ0) is 14.7. The Balaban J connectivity index is 1.59. The van der Waals surface area contributed by atoms with Gasteiger partial charge in [0, 0.05) is 28.2 Å². The van der Waals surface area contributed by atoms with Gasteiger partial charge in [-0.05, 0) is 49.2 Å². The van der Waals surface area contributed by atoms with Gasteiger partial charge in [-0.3, -0.25) is 0 Å². The number of hydrogen-bond donors (Lipinski definition) is 2. The molecule has 3 rings (SSSR count). The van der Waals surface area contributed by atoms with E-state index in [0.29, 0.717) is 0 Å². The van der Waals surface area contributed by atoms with E-state index >= 15 is 0 Å². The summed E-state index contributed by atoms with van der Waals surface area (Å²) in [5.74, 6) is 0. The van der Waals surface area contributed by atoms with Crippen molar-refractivity contribution in [1.82, 2.24) is 10.3 Å². The molecule has 0 unspecified atom stereocenters. The first-order valence-electron chi connectivity index (χ1n) is 7.25. The summed E-state index contributed by atoms with van der Waals surface area (Å²) in [6.07, 6.45) is 1.03. The second-order valence-corrected chi connectivity index (χ2v) is 5.76. The SMILES string of the molecule is Cc1[nH]c2ccccc2c1CCNCc1ccc(Cl)cc1. The number of aromatic amines is 1. The van der Waals surface area contributed by atoms with Crippen molar-refractivity contribution in [2.45, 2.75) is 19.9 Å². The standard InChI is InChI=1S/C18H19ClN2/c1-13-16(17-4-2-3-5-18(17)21-13)10-11-20-12-14-6-8-15(19)9-7-14/h2-9,20-21H,10-12H2,1H3. The number of benzene rings is 2. The first kappa shape index (κ1) is 14.2. The van der Waals surface area contributed by atoms with Crippen molar-refractivity contribution < 1.29 is 0 Å². The van der Waals surface area contributed by atoms with Crippen LogP contribution in [-0.2, 0) is 13.0 Å². The maximum absolute atomic E-state index is 5.89. The van der Waals surface area contributed by atoms with Crippen molar-refractivity contribution in [3.63, 3.8) is 0 Å². The highest BCUT2D eigenvalue weighted by Gasteiger charge is 2.06. The number of para-hydroxylation sites is 1. The van der Waals surface area contributed by atoms with E-state index in [0.717, 1.165) is 24.5 Å². The zero-order valence-corrected chi connectivity index (χ0v) is 12.9. The third-order valence-corrected chi connectivity index (χ3v) is 4.07. The van der Waals surface area contributed by atoms with E-state index in [9.17, 15) is 0 Å². The molecule has 0 spiro atoms. The Morgan fingerprint density at radius 3 is 2.62 bits per heavy atom. The summed E-state index contributed by atoms with van der Waals surface area (Å²) >= 11 is 5.89. The molecule has 1 aromatic heterocycles. The summed E-state index contributed by atoms with van der Waals surface area (Å²) in [6.45, 7) is 3.98. The lowest BCUT2D eigenvalue weighted by Gasteiger charge is -2.06. The maximum Gasteiger partial charge on any atom is 0.0458 e. The van der Waals surface area contributed by atoms with Gasteiger partial charge < -0.3 is 10.3 Å². The zero-order valence-electron chi connectivity index (χ0n) is 12.1. The summed E-state index contributed by atoms with van der Waals surface area (Å²) in [6, 6.07) is 16.5. The van der Waals surface area contributed by atoms with Crippen molar-refractivity contribution in [2.75, 3.05) is 6.54 Å². The summed E-state index contributed by atoms with van der Waals surface area (Å²) in [4.78, 5) is 3.45. The topological polar surface area (TPSA) is 27.8 Å². The van der Waals surface area contributed by atoms with E-state index in [1.54, 1.807) is 0 Å². The van der Waals surface area contributed by atoms with Gasteiger partial charge in [0.05, 0.1) is 0 Å². The van der Waals surface area contributed by atoms with Crippen LogP contribution in [0.1, 0.15) is 16.8 Å². The van der Waals surface area contributed by atoms with E-state index in [1.165, 1.54) is 27.7 Å². The molecule has 1 heterocycles. The highest BCUT2D eigenvalue weighted by atomic mass is 35.5. The van der Waals surface area contributed by atoms with Gasteiger partial charge in [0.15, 0.2) is 0 Å². The first-order valence-corrected chi connectivity index (χ1v) is 7.63. The Morgan fingerprint density at radius 2 is 1.81 bits per heavy atom. The van der Waals surface area contributed by atoms with Crippen LogP contribution in [0.2, 0.25) is 5.02 Å². The summed E-state index contributed by atoms with van der Waals surface area (Å²) < 4.78 is 0. The minimum atomic E-state index is 0.785. The minimum absolute atomic E-state index is 0.785. The number of aromatic nitrogens is 1. The number of nitrogens with one attached hydrogen (secondary N) is 2. The van der Waals surface area contributed by atoms with Crippen LogP contribution in [0.25, 0.3) is 10.9 Å². The Morgan fingerprint density at radius 1 is 1.05 bits per heavy atom. The molecule has 0 amide bonds. The number of aryl methyl sites for hydroxylation is 1. The molecule has 2 N–H and O–H groups in total. The number of halogens is 1. The van der Waals surface area contributed by atoms with Crippen LogP contribution in [0.15, 0.2) is 48.5 Å². The fourth-order valence-electron chi connectivity index (χ4n) is 2.71. The van der Waals surface area contributed by atoms with Crippen molar-refractivity contribution in [3.05, 3.63) is 70.4 Å². The molecule has 3 aromatic rings. The fraction of sp³-hybridized carbons (Fsp3) is 0.222. The lowest BCUT2D eigenvalue weighted by Crippen LogP contribution is -2.16. The van der Waals surface area contributed by atoms with Crippen LogP contribution in [0.3, 0.4) is 0 Å². The van der Waals surface area contributed by atoms with Crippen molar-refractivity contribution in [1.29, 1.82) is 0 Å². The molecule has 0 radical (unpaired) electrons. The van der Waals surface area contributed by atoms with E-state index in [4.69, 9.17) is 11.6 Å². The largest absolute Gasteiger partial charge is 0.358 e. The monoisotopic (exact) mass is 298 g/mol. The first-order chi connectivity index (χ1) is 10.2. The van der Waals surface area contributed by atoms with Gasteiger partial charge in [0.2, 0.25) is 0 Å². The molecule has 0 atom stereocenters. The molecule has 0 aliphatic rings. The molecule has 3 heteroatoms. The average molecular weight is 299 g/mol. The van der Waals surface area contributed by atoms with Gasteiger partial charge >= 0.3 is 0 Å². The second kappa shape index (κ2) is 6.33. The number of hydrogen-bond acceptors (Lipinski definition) is 1. The Kier molecular flexibility index (Phi) is 4.28. The minimum Gasteiger partial charge on any atom is -0.358 e. The van der Waals surface area contributed by atoms with Crippen LogP contribution in [0.4, 0.5) is 0 Å². The molecule has 0 saturated heterocycles. The molecule has 21 heavy (non-hydrogen) atoms. The molecular weight excluding hydrogens is 280 g/mol. The molecule has 0 aliphatic heterocycles. The predicted molar refractivity (Wildman–Crippen MR) is 89.9 cm³/mol. The van der Waals surface area contributed by atoms with Gasteiger partial charge in [-0.25, -0.2) is 0 Å². The van der Waals surface area contributed by atoms with E-state index in [-0.39, 0.29) is 0 Å². The van der Waals surface area contributed by atoms with E-state index in [2.05, 4.69) is 53.6 Å². The second-order valence-electron chi connectivity index (χ2n) is 5.33. The third kappa shape index (κ3) is 3.29. The summed E-state index contributed by atoms with van der Waals surface area (Å²) in [5, 5.41) is 5.62. The third-order valence-electron chi connectivity index (χ3n) is 3.82. The molecule has 108 valence electrons. The quantitative estimate of drug-likeness (QED) is 0.669. The number of rotatable bonds is 5. The molecular formula is C18H19ClN2. The highest BCUT2D eigenvalue weighted by Crippen LogP contribution is 2.21. The summed E-state index contributed by atoms with van der Waals surface area (Å²) in [5.41, 5.74) is 5.16. The van der Waals surface area contributed by atoms with Crippen LogP contribution in [0, 0.1) is 6.92 Å². The van der Waals surface area contributed by atoms with E-state index in [1.807, 2.05) is 12.1 Å². The predicted octanol–water partition coefficient (Wildman–Crippen LogP) is 4.46. The van der Waals surface area contributed by atoms with Gasteiger partial charge in [-0.15, -0.1) is 0 Å². The Labute approximate surface area is 130 Å². The molecule has 2 aromatic carbocycles.